The lowest BCUT2D eigenvalue weighted by molar-refractivity contribution is 0.0508. The number of anilines is 1. The number of nitrogens with zero attached hydrogens (tertiary/aromatic N) is 1. The third-order valence-corrected chi connectivity index (χ3v) is 5.54. The molecule has 2 amide bonds. The lowest BCUT2D eigenvalue weighted by Gasteiger charge is -2.29. The number of hydrogen-bond donors (Lipinski definition) is 1. The first kappa shape index (κ1) is 18.1. The average molecular weight is 372 g/mol. The van der Waals surface area contributed by atoms with Crippen molar-refractivity contribution in [2.75, 3.05) is 4.72 Å². The average Bonchev–Trinajstić information content (AvgIpc) is 2.78. The highest BCUT2D eigenvalue weighted by Gasteiger charge is 2.42. The largest absolute Gasteiger partial charge is 0.280 e. The molecule has 6 nitrogen and oxygen atoms in total. The number of aryl methyl sites for hydroxylation is 1. The van der Waals surface area contributed by atoms with Gasteiger partial charge in [-0.05, 0) is 58.0 Å². The van der Waals surface area contributed by atoms with E-state index in [9.17, 15) is 18.0 Å². The SMILES string of the molecule is Cc1ccc(S(=O)(=O)Nc2ccc3c(c2)C(=O)N(C(C)(C)C)C3=O)cc1. The van der Waals surface area contributed by atoms with Crippen molar-refractivity contribution in [1.82, 2.24) is 4.90 Å². The summed E-state index contributed by atoms with van der Waals surface area (Å²) in [6.45, 7) is 7.19. The molecule has 136 valence electrons. The lowest BCUT2D eigenvalue weighted by atomic mass is 10.1. The van der Waals surface area contributed by atoms with Crippen molar-refractivity contribution in [1.29, 1.82) is 0 Å². The number of carbonyl (C=O) groups excluding carboxylic acids is 2. The first-order valence-electron chi connectivity index (χ1n) is 8.13. The molecular formula is C19H20N2O4S. The van der Waals surface area contributed by atoms with E-state index in [0.717, 1.165) is 5.56 Å². The number of amides is 2. The summed E-state index contributed by atoms with van der Waals surface area (Å²) < 4.78 is 27.5. The maximum absolute atomic E-state index is 12.6. The molecule has 0 saturated heterocycles. The molecule has 0 saturated carbocycles. The molecule has 0 aliphatic carbocycles. The summed E-state index contributed by atoms with van der Waals surface area (Å²) >= 11 is 0. The van der Waals surface area contributed by atoms with Crippen LogP contribution in [0.5, 0.6) is 0 Å². The molecule has 2 aromatic rings. The van der Waals surface area contributed by atoms with Gasteiger partial charge in [0.1, 0.15) is 0 Å². The second kappa shape index (κ2) is 5.95. The van der Waals surface area contributed by atoms with Gasteiger partial charge in [-0.1, -0.05) is 17.7 Å². The van der Waals surface area contributed by atoms with Gasteiger partial charge >= 0.3 is 0 Å². The number of imide groups is 1. The van der Waals surface area contributed by atoms with E-state index in [1.807, 2.05) is 6.92 Å². The third kappa shape index (κ3) is 3.10. The summed E-state index contributed by atoms with van der Waals surface area (Å²) in [6.07, 6.45) is 0. The van der Waals surface area contributed by atoms with Crippen LogP contribution in [0, 0.1) is 6.92 Å². The summed E-state index contributed by atoms with van der Waals surface area (Å²) in [7, 11) is -3.78. The van der Waals surface area contributed by atoms with E-state index in [2.05, 4.69) is 4.72 Å². The Morgan fingerprint density at radius 2 is 1.46 bits per heavy atom. The van der Waals surface area contributed by atoms with E-state index < -0.39 is 21.5 Å². The minimum atomic E-state index is -3.78. The van der Waals surface area contributed by atoms with Gasteiger partial charge in [-0.3, -0.25) is 19.2 Å². The molecule has 1 aliphatic heterocycles. The maximum atomic E-state index is 12.6. The molecule has 0 fully saturated rings. The van der Waals surface area contributed by atoms with E-state index >= 15 is 0 Å². The standard InChI is InChI=1S/C19H20N2O4S/c1-12-5-8-14(9-6-12)26(24,25)20-13-7-10-15-16(11-13)18(23)21(17(15)22)19(2,3)4/h5-11,20H,1-4H3. The van der Waals surface area contributed by atoms with Crippen LogP contribution in [0.1, 0.15) is 47.1 Å². The first-order valence-corrected chi connectivity index (χ1v) is 9.61. The van der Waals surface area contributed by atoms with E-state index in [1.165, 1.54) is 35.2 Å². The molecule has 0 atom stereocenters. The van der Waals surface area contributed by atoms with Gasteiger partial charge in [0, 0.05) is 11.2 Å². The predicted octanol–water partition coefficient (Wildman–Crippen LogP) is 3.19. The van der Waals surface area contributed by atoms with Crippen LogP contribution in [0.4, 0.5) is 5.69 Å². The number of carbonyl (C=O) groups is 2. The molecule has 26 heavy (non-hydrogen) atoms. The normalized spacial score (nSPS) is 14.5. The molecule has 7 heteroatoms. The molecule has 1 N–H and O–H groups in total. The Kier molecular flexibility index (Phi) is 4.15. The summed E-state index contributed by atoms with van der Waals surface area (Å²) in [4.78, 5) is 26.4. The van der Waals surface area contributed by atoms with Crippen LogP contribution in [-0.4, -0.2) is 30.7 Å². The number of rotatable bonds is 3. The second-order valence-electron chi connectivity index (χ2n) is 7.30. The van der Waals surface area contributed by atoms with Gasteiger partial charge in [-0.15, -0.1) is 0 Å². The Bertz CT molecular complexity index is 1000. The van der Waals surface area contributed by atoms with Crippen molar-refractivity contribution in [2.24, 2.45) is 0 Å². The number of benzene rings is 2. The van der Waals surface area contributed by atoms with E-state index in [-0.39, 0.29) is 27.6 Å². The Hall–Kier alpha value is -2.67. The van der Waals surface area contributed by atoms with Gasteiger partial charge in [0.2, 0.25) is 0 Å². The Labute approximate surface area is 152 Å². The fraction of sp³-hybridized carbons (Fsp3) is 0.263. The van der Waals surface area contributed by atoms with Gasteiger partial charge in [0.15, 0.2) is 0 Å². The Morgan fingerprint density at radius 1 is 0.885 bits per heavy atom. The number of nitrogens with one attached hydrogen (secondary N) is 1. The van der Waals surface area contributed by atoms with Gasteiger partial charge < -0.3 is 0 Å². The van der Waals surface area contributed by atoms with Crippen LogP contribution in [0.3, 0.4) is 0 Å². The zero-order valence-electron chi connectivity index (χ0n) is 15.0. The molecule has 0 spiro atoms. The molecular weight excluding hydrogens is 352 g/mol. The highest BCUT2D eigenvalue weighted by molar-refractivity contribution is 7.92. The molecule has 3 rings (SSSR count). The van der Waals surface area contributed by atoms with E-state index in [1.54, 1.807) is 32.9 Å². The first-order chi connectivity index (χ1) is 12.0. The molecule has 1 aliphatic rings. The number of fused-ring (bicyclic) bond motifs is 1. The number of hydrogen-bond acceptors (Lipinski definition) is 4. The van der Waals surface area contributed by atoms with Crippen LogP contribution in [0.2, 0.25) is 0 Å². The summed E-state index contributed by atoms with van der Waals surface area (Å²) in [6, 6.07) is 10.8. The molecule has 0 radical (unpaired) electrons. The van der Waals surface area contributed by atoms with Crippen LogP contribution in [0.25, 0.3) is 0 Å². The van der Waals surface area contributed by atoms with Crippen molar-refractivity contribution in [3.63, 3.8) is 0 Å². The van der Waals surface area contributed by atoms with Crippen molar-refractivity contribution in [2.45, 2.75) is 38.1 Å². The summed E-state index contributed by atoms with van der Waals surface area (Å²) in [5.74, 6) is -0.792. The van der Waals surface area contributed by atoms with Gasteiger partial charge in [-0.2, -0.15) is 0 Å². The Balaban J connectivity index is 1.94. The van der Waals surface area contributed by atoms with Gasteiger partial charge in [0.25, 0.3) is 21.8 Å². The molecule has 0 unspecified atom stereocenters. The van der Waals surface area contributed by atoms with Crippen molar-refractivity contribution in [3.8, 4) is 0 Å². The Morgan fingerprint density at radius 3 is 2.04 bits per heavy atom. The highest BCUT2D eigenvalue weighted by Crippen LogP contribution is 2.31. The summed E-state index contributed by atoms with van der Waals surface area (Å²) in [5.41, 5.74) is 1.01. The quantitative estimate of drug-likeness (QED) is 0.839. The molecule has 2 aromatic carbocycles. The third-order valence-electron chi connectivity index (χ3n) is 4.14. The van der Waals surface area contributed by atoms with Crippen molar-refractivity contribution >= 4 is 27.5 Å². The second-order valence-corrected chi connectivity index (χ2v) is 8.98. The minimum absolute atomic E-state index is 0.127. The molecule has 1 heterocycles. The zero-order chi connectivity index (χ0) is 19.3. The highest BCUT2D eigenvalue weighted by atomic mass is 32.2. The van der Waals surface area contributed by atoms with Crippen LogP contribution in [-0.2, 0) is 10.0 Å². The number of sulfonamides is 1. The smallest absolute Gasteiger partial charge is 0.262 e. The predicted molar refractivity (Wildman–Crippen MR) is 98.7 cm³/mol. The monoisotopic (exact) mass is 372 g/mol. The zero-order valence-corrected chi connectivity index (χ0v) is 15.8. The molecule has 0 bridgehead atoms. The summed E-state index contributed by atoms with van der Waals surface area (Å²) in [5, 5.41) is 0. The van der Waals surface area contributed by atoms with Crippen LogP contribution in [0.15, 0.2) is 47.4 Å². The van der Waals surface area contributed by atoms with E-state index in [0.29, 0.717) is 0 Å². The topological polar surface area (TPSA) is 83.6 Å². The van der Waals surface area contributed by atoms with Crippen molar-refractivity contribution in [3.05, 3.63) is 59.2 Å². The fourth-order valence-corrected chi connectivity index (χ4v) is 3.89. The van der Waals surface area contributed by atoms with E-state index in [4.69, 9.17) is 0 Å². The van der Waals surface area contributed by atoms with Gasteiger partial charge in [-0.25, -0.2) is 8.42 Å². The lowest BCUT2D eigenvalue weighted by Crippen LogP contribution is -2.45. The van der Waals surface area contributed by atoms with Crippen LogP contribution >= 0.6 is 0 Å². The van der Waals surface area contributed by atoms with Crippen LogP contribution < -0.4 is 4.72 Å². The van der Waals surface area contributed by atoms with Crippen molar-refractivity contribution < 1.29 is 18.0 Å². The fourth-order valence-electron chi connectivity index (χ4n) is 2.85. The van der Waals surface area contributed by atoms with Gasteiger partial charge in [0.05, 0.1) is 16.0 Å². The maximum Gasteiger partial charge on any atom is 0.262 e. The molecule has 0 aromatic heterocycles. The minimum Gasteiger partial charge on any atom is -0.280 e.